The monoisotopic (exact) mass is 93.0 g/mol. The third-order valence-electron chi connectivity index (χ3n) is 0. The number of hydrogen-bond donors (Lipinski definition) is 1. The van der Waals surface area contributed by atoms with Gasteiger partial charge in [-0.15, -0.1) is 0 Å². The van der Waals surface area contributed by atoms with Crippen LogP contribution in [-0.4, -0.2) is 14.6 Å². The lowest BCUT2D eigenvalue weighted by Crippen LogP contribution is -1.83. The van der Waals surface area contributed by atoms with Crippen LogP contribution in [0.4, 0.5) is 0 Å². The van der Waals surface area contributed by atoms with E-state index in [0.717, 1.165) is 0 Å². The topological polar surface area (TPSA) is 37.3 Å². The van der Waals surface area contributed by atoms with Crippen molar-refractivity contribution in [3.8, 4) is 0 Å². The Morgan fingerprint density at radius 1 is 2.00 bits per heavy atom. The van der Waals surface area contributed by atoms with Gasteiger partial charge in [-0.2, -0.15) is 4.21 Å². The molecule has 0 radical (unpaired) electrons. The smallest absolute Gasteiger partial charge is 0.223 e. The predicted molar refractivity (Wildman–Crippen MR) is 23.2 cm³/mol. The van der Waals surface area contributed by atoms with Gasteiger partial charge in [0.15, 0.2) is 6.26 Å². The summed E-state index contributed by atoms with van der Waals surface area (Å²) in [4.78, 5) is 0. The highest BCUT2D eigenvalue weighted by Crippen LogP contribution is 1.66. The van der Waals surface area contributed by atoms with Gasteiger partial charge < -0.3 is 0 Å². The van der Waals surface area contributed by atoms with E-state index >= 15 is 0 Å². The standard InChI is InChI=1S/C2H4O2S/c1-5(2,3)4/h1-2H2/p+1. The molecule has 0 bridgehead atoms. The van der Waals surface area contributed by atoms with Crippen LogP contribution in [0.3, 0.4) is 0 Å². The molecular formula is C2H5O2S+. The van der Waals surface area contributed by atoms with Crippen LogP contribution in [0.25, 0.3) is 0 Å². The summed E-state index contributed by atoms with van der Waals surface area (Å²) in [6, 6.07) is 0. The lowest BCUT2D eigenvalue weighted by Gasteiger charge is -1.67. The van der Waals surface area contributed by atoms with Crippen molar-refractivity contribution in [2.45, 2.75) is 0 Å². The van der Waals surface area contributed by atoms with E-state index < -0.39 is 9.80 Å². The van der Waals surface area contributed by atoms with E-state index in [1.807, 2.05) is 0 Å². The summed E-state index contributed by atoms with van der Waals surface area (Å²) in [5.74, 6) is 2.74. The summed E-state index contributed by atoms with van der Waals surface area (Å²) in [7, 11) is -2.92. The molecule has 0 aliphatic heterocycles. The molecule has 5 heavy (non-hydrogen) atoms. The van der Waals surface area contributed by atoms with Crippen molar-refractivity contribution in [1.29, 1.82) is 0 Å². The minimum atomic E-state index is -2.92. The maximum Gasteiger partial charge on any atom is 0.223 e. The second-order valence-electron chi connectivity index (χ2n) is 0.773. The van der Waals surface area contributed by atoms with Crippen LogP contribution in [0.2, 0.25) is 0 Å². The summed E-state index contributed by atoms with van der Waals surface area (Å²) in [5.41, 5.74) is 0. The van der Waals surface area contributed by atoms with Gasteiger partial charge in [0.25, 0.3) is 0 Å². The third-order valence-corrected chi connectivity index (χ3v) is 0. The van der Waals surface area contributed by atoms with E-state index in [2.05, 4.69) is 12.1 Å². The van der Waals surface area contributed by atoms with Crippen molar-refractivity contribution in [2.75, 3.05) is 0 Å². The molecule has 0 saturated carbocycles. The third kappa shape index (κ3) is 586. The fourth-order valence-corrected chi connectivity index (χ4v) is 0. The van der Waals surface area contributed by atoms with Crippen LogP contribution in [0, 0.1) is 6.26 Å². The SMILES string of the molecule is C=S([CH2+])(=O)O. The fraction of sp³-hybridized carbons (Fsp3) is 0. The van der Waals surface area contributed by atoms with Gasteiger partial charge in [-0.25, -0.2) is 0 Å². The zero-order valence-corrected chi connectivity index (χ0v) is 3.49. The van der Waals surface area contributed by atoms with Crippen molar-refractivity contribution >= 4 is 15.7 Å². The highest BCUT2D eigenvalue weighted by atomic mass is 32.2. The molecule has 0 fully saturated rings. The van der Waals surface area contributed by atoms with Crippen LogP contribution in [0.15, 0.2) is 0 Å². The molecule has 1 N–H and O–H groups in total. The molecule has 0 spiro atoms. The average Bonchev–Trinajstić information content (AvgIpc) is 0.722. The van der Waals surface area contributed by atoms with E-state index in [9.17, 15) is 4.21 Å². The molecule has 0 aromatic heterocycles. The molecule has 0 heterocycles. The van der Waals surface area contributed by atoms with Gasteiger partial charge >= 0.3 is 0 Å². The summed E-state index contributed by atoms with van der Waals surface area (Å²) in [6.07, 6.45) is 2.74. The minimum absolute atomic E-state index is 2.74. The normalized spacial score (nSPS) is 21.0. The first-order valence-corrected chi connectivity index (χ1v) is 2.78. The molecule has 0 aliphatic carbocycles. The molecule has 1 unspecified atom stereocenters. The predicted octanol–water partition coefficient (Wildman–Crippen LogP) is -0.0326. The number of rotatable bonds is 0. The first kappa shape index (κ1) is 4.85. The number of hydrogen-bond acceptors (Lipinski definition) is 1. The van der Waals surface area contributed by atoms with Crippen LogP contribution < -0.4 is 0 Å². The molecule has 30 valence electrons. The van der Waals surface area contributed by atoms with E-state index in [1.165, 1.54) is 0 Å². The molecule has 1 atom stereocenters. The van der Waals surface area contributed by atoms with Gasteiger partial charge in [-0.3, -0.25) is 4.55 Å². The van der Waals surface area contributed by atoms with Crippen molar-refractivity contribution in [3.05, 3.63) is 6.26 Å². The largest absolute Gasteiger partial charge is 0.281 e. The van der Waals surface area contributed by atoms with E-state index in [-0.39, 0.29) is 0 Å². The highest BCUT2D eigenvalue weighted by Gasteiger charge is 1.83. The maximum atomic E-state index is 9.52. The quantitative estimate of drug-likeness (QED) is 0.337. The Hall–Kier alpha value is -0.150. The van der Waals surface area contributed by atoms with Gasteiger partial charge in [-0.1, -0.05) is 0 Å². The Kier molecular flexibility index (Phi) is 0.886. The summed E-state index contributed by atoms with van der Waals surface area (Å²) >= 11 is 0. The van der Waals surface area contributed by atoms with Crippen LogP contribution in [0.5, 0.6) is 0 Å². The van der Waals surface area contributed by atoms with E-state index in [1.54, 1.807) is 0 Å². The first-order chi connectivity index (χ1) is 2.00. The fourth-order valence-electron chi connectivity index (χ4n) is 0. The van der Waals surface area contributed by atoms with Gasteiger partial charge in [0.05, 0.1) is 0 Å². The highest BCUT2D eigenvalue weighted by molar-refractivity contribution is 7.96. The van der Waals surface area contributed by atoms with Crippen molar-refractivity contribution in [3.63, 3.8) is 0 Å². The molecule has 0 saturated heterocycles. The second-order valence-corrected chi connectivity index (χ2v) is 2.32. The van der Waals surface area contributed by atoms with Gasteiger partial charge in [0.1, 0.15) is 0 Å². The van der Waals surface area contributed by atoms with Gasteiger partial charge in [0.2, 0.25) is 9.80 Å². The van der Waals surface area contributed by atoms with Crippen LogP contribution in [-0.2, 0) is 9.80 Å². The molecule has 0 amide bonds. The molecule has 0 aromatic rings. The summed E-state index contributed by atoms with van der Waals surface area (Å²) in [5, 5.41) is 0. The molecular weight excluding hydrogens is 88.1 g/mol. The van der Waals surface area contributed by atoms with Crippen molar-refractivity contribution < 1.29 is 8.76 Å². The molecule has 0 aliphatic rings. The van der Waals surface area contributed by atoms with Crippen molar-refractivity contribution in [2.24, 2.45) is 0 Å². The van der Waals surface area contributed by atoms with Crippen LogP contribution in [0.1, 0.15) is 0 Å². The molecule has 3 heteroatoms. The lowest BCUT2D eigenvalue weighted by atomic mass is 11.9. The van der Waals surface area contributed by atoms with E-state index in [4.69, 9.17) is 4.55 Å². The zero-order chi connectivity index (χ0) is 4.50. The molecule has 0 rings (SSSR count). The second kappa shape index (κ2) is 0.914. The average molecular weight is 93.1 g/mol. The Morgan fingerprint density at radius 2 is 2.00 bits per heavy atom. The Morgan fingerprint density at radius 3 is 2.00 bits per heavy atom. The minimum Gasteiger partial charge on any atom is -0.281 e. The maximum absolute atomic E-state index is 9.52. The summed E-state index contributed by atoms with van der Waals surface area (Å²) in [6.45, 7) is 0. The zero-order valence-electron chi connectivity index (χ0n) is 2.68. The van der Waals surface area contributed by atoms with Gasteiger partial charge in [-0.05, 0) is 0 Å². The Balaban J connectivity index is 4.06. The molecule has 0 aromatic carbocycles. The molecule has 2 nitrogen and oxygen atoms in total. The van der Waals surface area contributed by atoms with E-state index in [0.29, 0.717) is 0 Å². The van der Waals surface area contributed by atoms with Gasteiger partial charge in [0, 0.05) is 5.87 Å². The Labute approximate surface area is 31.7 Å². The summed E-state index contributed by atoms with van der Waals surface area (Å²) < 4.78 is 17.3. The van der Waals surface area contributed by atoms with Crippen LogP contribution >= 0.6 is 0 Å². The lowest BCUT2D eigenvalue weighted by molar-refractivity contribution is 0.570. The first-order valence-electron chi connectivity index (χ1n) is 0.927. The van der Waals surface area contributed by atoms with Crippen molar-refractivity contribution in [1.82, 2.24) is 0 Å². The Bertz CT molecular complexity index is 90.8.